The number of hydrogen-bond donors (Lipinski definition) is 1. The maximum absolute atomic E-state index is 12.9. The van der Waals surface area contributed by atoms with Gasteiger partial charge in [0.1, 0.15) is 5.75 Å². The van der Waals surface area contributed by atoms with Crippen LogP contribution in [-0.2, 0) is 9.59 Å². The van der Waals surface area contributed by atoms with Crippen molar-refractivity contribution >= 4 is 11.8 Å². The fraction of sp³-hybridized carbons (Fsp3) is 0.619. The smallest absolute Gasteiger partial charge is 0.263 e. The Hall–Kier alpha value is -2.08. The number of carbonyl (C=O) groups is 2. The molecule has 2 N–H and O–H groups in total. The van der Waals surface area contributed by atoms with E-state index in [1.807, 2.05) is 49.9 Å². The van der Waals surface area contributed by atoms with E-state index in [4.69, 9.17) is 10.5 Å². The van der Waals surface area contributed by atoms with Gasteiger partial charge in [0.05, 0.1) is 5.41 Å². The van der Waals surface area contributed by atoms with Gasteiger partial charge in [0.2, 0.25) is 5.91 Å². The van der Waals surface area contributed by atoms with Gasteiger partial charge in [-0.05, 0) is 44.4 Å². The summed E-state index contributed by atoms with van der Waals surface area (Å²) in [5, 5.41) is 0. The Kier molecular flexibility index (Phi) is 7.25. The van der Waals surface area contributed by atoms with Crippen molar-refractivity contribution in [3.05, 3.63) is 29.8 Å². The van der Waals surface area contributed by atoms with Gasteiger partial charge in [-0.25, -0.2) is 0 Å². The summed E-state index contributed by atoms with van der Waals surface area (Å²) in [4.78, 5) is 29.3. The van der Waals surface area contributed by atoms with Gasteiger partial charge in [0.25, 0.3) is 5.91 Å². The van der Waals surface area contributed by atoms with E-state index in [0.717, 1.165) is 18.4 Å². The van der Waals surface area contributed by atoms with Crippen LogP contribution in [-0.4, -0.2) is 60.4 Å². The predicted molar refractivity (Wildman–Crippen MR) is 106 cm³/mol. The van der Waals surface area contributed by atoms with Gasteiger partial charge in [-0.15, -0.1) is 0 Å². The first-order chi connectivity index (χ1) is 12.9. The van der Waals surface area contributed by atoms with E-state index in [9.17, 15) is 9.59 Å². The molecule has 1 aromatic carbocycles. The molecular weight excluding hydrogens is 342 g/mol. The number of rotatable bonds is 7. The van der Waals surface area contributed by atoms with E-state index in [-0.39, 0.29) is 11.8 Å². The summed E-state index contributed by atoms with van der Waals surface area (Å²) in [5.74, 6) is 0.772. The van der Waals surface area contributed by atoms with Gasteiger partial charge in [-0.2, -0.15) is 0 Å². The molecule has 0 radical (unpaired) electrons. The van der Waals surface area contributed by atoms with E-state index < -0.39 is 11.5 Å². The lowest BCUT2D eigenvalue weighted by Gasteiger charge is -2.40. The van der Waals surface area contributed by atoms with Crippen LogP contribution < -0.4 is 10.5 Å². The fourth-order valence-electron chi connectivity index (χ4n) is 3.59. The van der Waals surface area contributed by atoms with Crippen LogP contribution >= 0.6 is 0 Å². The number of aryl methyl sites for hydroxylation is 1. The van der Waals surface area contributed by atoms with Gasteiger partial charge < -0.3 is 20.3 Å². The van der Waals surface area contributed by atoms with Crippen LogP contribution in [0.2, 0.25) is 0 Å². The average Bonchev–Trinajstić information content (AvgIpc) is 2.69. The molecule has 0 aromatic heterocycles. The summed E-state index contributed by atoms with van der Waals surface area (Å²) in [6.07, 6.45) is 0.919. The summed E-state index contributed by atoms with van der Waals surface area (Å²) in [6, 6.07) is 7.68. The molecule has 1 saturated heterocycles. The minimum Gasteiger partial charge on any atom is -0.481 e. The van der Waals surface area contributed by atoms with E-state index in [0.29, 0.717) is 38.5 Å². The van der Waals surface area contributed by atoms with Gasteiger partial charge in [-0.3, -0.25) is 9.59 Å². The minimum absolute atomic E-state index is 0.0420. The van der Waals surface area contributed by atoms with Crippen LogP contribution in [0.15, 0.2) is 24.3 Å². The highest BCUT2D eigenvalue weighted by Crippen LogP contribution is 2.28. The number of amides is 2. The molecule has 1 aliphatic rings. The maximum Gasteiger partial charge on any atom is 0.263 e. The van der Waals surface area contributed by atoms with Crippen molar-refractivity contribution in [3.63, 3.8) is 0 Å². The second-order valence-electron chi connectivity index (χ2n) is 7.39. The molecule has 1 heterocycles. The number of nitrogens with zero attached hydrogens (tertiary/aromatic N) is 2. The zero-order valence-electron chi connectivity index (χ0n) is 17.0. The fourth-order valence-corrected chi connectivity index (χ4v) is 3.59. The predicted octanol–water partition coefficient (Wildman–Crippen LogP) is 2.20. The number of nitrogens with two attached hydrogens (primary N) is 1. The zero-order chi connectivity index (χ0) is 20.0. The topological polar surface area (TPSA) is 75.9 Å². The van der Waals surface area contributed by atoms with Crippen LogP contribution in [0, 0.1) is 12.3 Å². The van der Waals surface area contributed by atoms with Crippen molar-refractivity contribution in [2.45, 2.75) is 46.6 Å². The van der Waals surface area contributed by atoms with Gasteiger partial charge in [-0.1, -0.05) is 26.0 Å². The van der Waals surface area contributed by atoms with Gasteiger partial charge in [0, 0.05) is 32.7 Å². The highest BCUT2D eigenvalue weighted by atomic mass is 16.5. The summed E-state index contributed by atoms with van der Waals surface area (Å²) >= 11 is 0. The van der Waals surface area contributed by atoms with E-state index in [2.05, 4.69) is 0 Å². The lowest BCUT2D eigenvalue weighted by molar-refractivity contribution is -0.149. The quantitative estimate of drug-likeness (QED) is 0.793. The van der Waals surface area contributed by atoms with Crippen LogP contribution in [0.5, 0.6) is 5.75 Å². The van der Waals surface area contributed by atoms with Crippen molar-refractivity contribution in [2.75, 3.05) is 32.7 Å². The Morgan fingerprint density at radius 2 is 1.74 bits per heavy atom. The van der Waals surface area contributed by atoms with Gasteiger partial charge in [0.15, 0.2) is 6.10 Å². The SMILES string of the molecule is CCC(CC)(CN)C(=O)N1CCN(C(=O)C(C)Oc2cccc(C)c2)CC1. The summed E-state index contributed by atoms with van der Waals surface area (Å²) in [7, 11) is 0. The first-order valence-corrected chi connectivity index (χ1v) is 9.88. The average molecular weight is 376 g/mol. The Morgan fingerprint density at radius 3 is 2.26 bits per heavy atom. The summed E-state index contributed by atoms with van der Waals surface area (Å²) in [5.41, 5.74) is 6.52. The van der Waals surface area contributed by atoms with Crippen molar-refractivity contribution in [1.82, 2.24) is 9.80 Å². The van der Waals surface area contributed by atoms with Crippen molar-refractivity contribution in [3.8, 4) is 5.75 Å². The van der Waals surface area contributed by atoms with Crippen molar-refractivity contribution in [2.24, 2.45) is 11.1 Å². The zero-order valence-corrected chi connectivity index (χ0v) is 17.0. The summed E-state index contributed by atoms with van der Waals surface area (Å²) < 4.78 is 5.80. The van der Waals surface area contributed by atoms with E-state index >= 15 is 0 Å². The molecule has 1 fully saturated rings. The monoisotopic (exact) mass is 375 g/mol. The van der Waals surface area contributed by atoms with E-state index in [1.165, 1.54) is 0 Å². The third-order valence-corrected chi connectivity index (χ3v) is 5.73. The number of hydrogen-bond acceptors (Lipinski definition) is 4. The molecule has 1 aromatic rings. The van der Waals surface area contributed by atoms with Crippen molar-refractivity contribution < 1.29 is 14.3 Å². The normalized spacial score (nSPS) is 16.2. The minimum atomic E-state index is -0.552. The molecule has 6 heteroatoms. The molecule has 0 spiro atoms. The Labute approximate surface area is 162 Å². The molecule has 6 nitrogen and oxygen atoms in total. The Balaban J connectivity index is 1.92. The largest absolute Gasteiger partial charge is 0.481 e. The second kappa shape index (κ2) is 9.22. The molecule has 1 atom stereocenters. The number of carbonyl (C=O) groups excluding carboxylic acids is 2. The molecule has 150 valence electrons. The third kappa shape index (κ3) is 4.80. The first kappa shape index (κ1) is 21.2. The van der Waals surface area contributed by atoms with Crippen LogP contribution in [0.25, 0.3) is 0 Å². The molecule has 0 aliphatic carbocycles. The van der Waals surface area contributed by atoms with E-state index in [1.54, 1.807) is 11.8 Å². The van der Waals surface area contributed by atoms with Crippen molar-refractivity contribution in [1.29, 1.82) is 0 Å². The second-order valence-corrected chi connectivity index (χ2v) is 7.39. The Morgan fingerprint density at radius 1 is 1.15 bits per heavy atom. The van der Waals surface area contributed by atoms with Crippen LogP contribution in [0.4, 0.5) is 0 Å². The standard InChI is InChI=1S/C21H33N3O3/c1-5-21(6-2,15-22)20(26)24-12-10-23(11-13-24)19(25)17(4)27-18-9-7-8-16(3)14-18/h7-9,14,17H,5-6,10-13,15,22H2,1-4H3. The molecule has 0 saturated carbocycles. The third-order valence-electron chi connectivity index (χ3n) is 5.73. The molecule has 1 aliphatic heterocycles. The highest BCUT2D eigenvalue weighted by molar-refractivity contribution is 5.84. The van der Waals surface area contributed by atoms with Crippen LogP contribution in [0.1, 0.15) is 39.2 Å². The lowest BCUT2D eigenvalue weighted by Crippen LogP contribution is -2.57. The lowest BCUT2D eigenvalue weighted by atomic mass is 9.81. The molecule has 27 heavy (non-hydrogen) atoms. The number of ether oxygens (including phenoxy) is 1. The molecule has 1 unspecified atom stereocenters. The maximum atomic E-state index is 12.9. The highest BCUT2D eigenvalue weighted by Gasteiger charge is 2.38. The summed E-state index contributed by atoms with van der Waals surface area (Å²) in [6.45, 7) is 10.3. The van der Waals surface area contributed by atoms with Crippen LogP contribution in [0.3, 0.4) is 0 Å². The van der Waals surface area contributed by atoms with Gasteiger partial charge >= 0.3 is 0 Å². The first-order valence-electron chi connectivity index (χ1n) is 9.88. The molecule has 2 amide bonds. The molecule has 2 rings (SSSR count). The Bertz CT molecular complexity index is 642. The number of piperazine rings is 1. The molecular formula is C21H33N3O3. The number of benzene rings is 1. The molecule has 0 bridgehead atoms.